The predicted molar refractivity (Wildman–Crippen MR) is 117 cm³/mol. The number of amides is 4. The van der Waals surface area contributed by atoms with Crippen molar-refractivity contribution in [3.63, 3.8) is 0 Å². The van der Waals surface area contributed by atoms with Crippen molar-refractivity contribution in [2.45, 2.75) is 45.8 Å². The summed E-state index contributed by atoms with van der Waals surface area (Å²) in [5, 5.41) is 11.4. The number of ether oxygens (including phenoxy) is 1. The molecule has 4 N–H and O–H groups in total. The van der Waals surface area contributed by atoms with E-state index in [1.165, 1.54) is 9.75 Å². The van der Waals surface area contributed by atoms with E-state index in [1.54, 1.807) is 35.6 Å². The molecular weight excluding hydrogens is 388 g/mol. The van der Waals surface area contributed by atoms with E-state index in [1.807, 2.05) is 6.92 Å². The Bertz CT molecular complexity index is 844. The van der Waals surface area contributed by atoms with Gasteiger partial charge in [0.15, 0.2) is 0 Å². The highest BCUT2D eigenvalue weighted by molar-refractivity contribution is 7.12. The van der Waals surface area contributed by atoms with Crippen LogP contribution in [0.2, 0.25) is 0 Å². The summed E-state index contributed by atoms with van der Waals surface area (Å²) in [6.45, 7) is 7.36. The average Bonchev–Trinajstić information content (AvgIpc) is 3.30. The lowest BCUT2D eigenvalue weighted by Crippen LogP contribution is -2.35. The van der Waals surface area contributed by atoms with Crippen molar-refractivity contribution in [2.75, 3.05) is 23.8 Å². The highest BCUT2D eigenvalue weighted by Crippen LogP contribution is 2.26. The Kier molecular flexibility index (Phi) is 7.11. The van der Waals surface area contributed by atoms with Crippen LogP contribution in [0.1, 0.15) is 41.1 Å². The summed E-state index contributed by atoms with van der Waals surface area (Å²) in [5.41, 5.74) is 2.44. The van der Waals surface area contributed by atoms with Gasteiger partial charge in [-0.1, -0.05) is 0 Å². The van der Waals surface area contributed by atoms with Gasteiger partial charge in [-0.3, -0.25) is 0 Å². The van der Waals surface area contributed by atoms with E-state index >= 15 is 0 Å². The van der Waals surface area contributed by atoms with Crippen LogP contribution < -0.4 is 21.3 Å². The third-order valence-electron chi connectivity index (χ3n) is 4.81. The van der Waals surface area contributed by atoms with Gasteiger partial charge >= 0.3 is 12.1 Å². The molecule has 4 amide bonds. The van der Waals surface area contributed by atoms with Crippen LogP contribution in [0.4, 0.5) is 21.0 Å². The summed E-state index contributed by atoms with van der Waals surface area (Å²) in [6.07, 6.45) is 2.13. The molecule has 1 aliphatic rings. The van der Waals surface area contributed by atoms with Crippen molar-refractivity contribution in [1.82, 2.24) is 10.6 Å². The van der Waals surface area contributed by atoms with Gasteiger partial charge in [-0.15, -0.1) is 11.3 Å². The van der Waals surface area contributed by atoms with Gasteiger partial charge in [0.05, 0.1) is 12.1 Å². The molecule has 2 aromatic rings. The number of carbonyl (C=O) groups excluding carboxylic acids is 2. The number of urea groups is 2. The molecule has 1 aliphatic heterocycles. The van der Waals surface area contributed by atoms with E-state index in [4.69, 9.17) is 4.74 Å². The van der Waals surface area contributed by atoms with E-state index in [-0.39, 0.29) is 24.2 Å². The van der Waals surface area contributed by atoms with E-state index < -0.39 is 0 Å². The first-order valence-electron chi connectivity index (χ1n) is 9.81. The van der Waals surface area contributed by atoms with Gasteiger partial charge in [-0.05, 0) is 69.5 Å². The minimum absolute atomic E-state index is 0.0755. The van der Waals surface area contributed by atoms with Gasteiger partial charge in [-0.2, -0.15) is 0 Å². The molecule has 1 aromatic heterocycles. The van der Waals surface area contributed by atoms with E-state index in [0.717, 1.165) is 25.0 Å². The van der Waals surface area contributed by atoms with Gasteiger partial charge in [0.2, 0.25) is 0 Å². The van der Waals surface area contributed by atoms with Crippen LogP contribution in [-0.4, -0.2) is 31.3 Å². The third-order valence-corrected chi connectivity index (χ3v) is 5.79. The first kappa shape index (κ1) is 21.1. The summed E-state index contributed by atoms with van der Waals surface area (Å²) in [6, 6.07) is 8.49. The van der Waals surface area contributed by atoms with E-state index in [0.29, 0.717) is 17.9 Å². The molecule has 2 heterocycles. The lowest BCUT2D eigenvalue weighted by Gasteiger charge is -2.15. The van der Waals surface area contributed by atoms with Crippen molar-refractivity contribution in [2.24, 2.45) is 0 Å². The van der Waals surface area contributed by atoms with Gasteiger partial charge < -0.3 is 26.0 Å². The SMILES string of the molecule is Cc1cc(C(C)NC(=O)Nc2ccc(NC(=O)NCC3CCCO3)cc2)c(C)s1. The molecule has 1 fully saturated rings. The molecule has 2 atom stereocenters. The molecule has 7 nitrogen and oxygen atoms in total. The van der Waals surface area contributed by atoms with Crippen LogP contribution in [0.25, 0.3) is 0 Å². The Hall–Kier alpha value is -2.58. The third kappa shape index (κ3) is 6.20. The Morgan fingerprint density at radius 3 is 2.34 bits per heavy atom. The molecule has 0 radical (unpaired) electrons. The normalized spacial score (nSPS) is 16.9. The number of hydrogen-bond acceptors (Lipinski definition) is 4. The zero-order valence-corrected chi connectivity index (χ0v) is 17.8. The Labute approximate surface area is 175 Å². The Morgan fingerprint density at radius 1 is 1.14 bits per heavy atom. The zero-order valence-electron chi connectivity index (χ0n) is 17.0. The number of benzene rings is 1. The number of thiophene rings is 1. The van der Waals surface area contributed by atoms with Crippen LogP contribution in [0, 0.1) is 13.8 Å². The van der Waals surface area contributed by atoms with Crippen molar-refractivity contribution in [3.05, 3.63) is 45.6 Å². The van der Waals surface area contributed by atoms with Crippen molar-refractivity contribution < 1.29 is 14.3 Å². The Morgan fingerprint density at radius 2 is 1.79 bits per heavy atom. The highest BCUT2D eigenvalue weighted by atomic mass is 32.1. The second kappa shape index (κ2) is 9.76. The maximum absolute atomic E-state index is 12.3. The summed E-state index contributed by atoms with van der Waals surface area (Å²) in [7, 11) is 0. The summed E-state index contributed by atoms with van der Waals surface area (Å²) >= 11 is 1.73. The van der Waals surface area contributed by atoms with E-state index in [9.17, 15) is 9.59 Å². The van der Waals surface area contributed by atoms with Gasteiger partial charge in [-0.25, -0.2) is 9.59 Å². The largest absolute Gasteiger partial charge is 0.376 e. The molecule has 0 bridgehead atoms. The van der Waals surface area contributed by atoms with Crippen LogP contribution >= 0.6 is 11.3 Å². The summed E-state index contributed by atoms with van der Waals surface area (Å²) in [4.78, 5) is 26.7. The fraction of sp³-hybridized carbons (Fsp3) is 0.429. The second-order valence-electron chi connectivity index (χ2n) is 7.24. The van der Waals surface area contributed by atoms with Crippen molar-refractivity contribution >= 4 is 34.8 Å². The number of rotatable bonds is 6. The Balaban J connectivity index is 1.45. The zero-order chi connectivity index (χ0) is 20.8. The lowest BCUT2D eigenvalue weighted by atomic mass is 10.1. The predicted octanol–water partition coefficient (Wildman–Crippen LogP) is 4.55. The number of nitrogens with one attached hydrogen (secondary N) is 4. The first-order chi connectivity index (χ1) is 13.9. The monoisotopic (exact) mass is 416 g/mol. The number of carbonyl (C=O) groups is 2. The van der Waals surface area contributed by atoms with Crippen LogP contribution in [0.15, 0.2) is 30.3 Å². The molecule has 0 aliphatic carbocycles. The topological polar surface area (TPSA) is 91.5 Å². The van der Waals surface area contributed by atoms with Crippen molar-refractivity contribution in [1.29, 1.82) is 0 Å². The molecule has 0 spiro atoms. The quantitative estimate of drug-likeness (QED) is 0.557. The number of hydrogen-bond donors (Lipinski definition) is 4. The molecule has 1 saturated heterocycles. The summed E-state index contributed by atoms with van der Waals surface area (Å²) in [5.74, 6) is 0. The van der Waals surface area contributed by atoms with Gasteiger partial charge in [0.1, 0.15) is 0 Å². The molecule has 0 saturated carbocycles. The first-order valence-corrected chi connectivity index (χ1v) is 10.6. The smallest absolute Gasteiger partial charge is 0.319 e. The molecule has 156 valence electrons. The molecule has 29 heavy (non-hydrogen) atoms. The van der Waals surface area contributed by atoms with Crippen molar-refractivity contribution in [3.8, 4) is 0 Å². The number of aryl methyl sites for hydroxylation is 2. The fourth-order valence-corrected chi connectivity index (χ4v) is 4.37. The van der Waals surface area contributed by atoms with Crippen LogP contribution in [0.5, 0.6) is 0 Å². The average molecular weight is 417 g/mol. The molecule has 1 aromatic carbocycles. The molecule has 2 unspecified atom stereocenters. The minimum atomic E-state index is -0.269. The molecule has 8 heteroatoms. The van der Waals surface area contributed by atoms with Gasteiger partial charge in [0.25, 0.3) is 0 Å². The second-order valence-corrected chi connectivity index (χ2v) is 8.70. The maximum atomic E-state index is 12.3. The molecular formula is C21H28N4O3S. The lowest BCUT2D eigenvalue weighted by molar-refractivity contribution is 0.112. The summed E-state index contributed by atoms with van der Waals surface area (Å²) < 4.78 is 5.48. The fourth-order valence-electron chi connectivity index (χ4n) is 3.35. The van der Waals surface area contributed by atoms with Crippen LogP contribution in [0.3, 0.4) is 0 Å². The maximum Gasteiger partial charge on any atom is 0.319 e. The standard InChI is InChI=1S/C21H28N4O3S/c1-13-11-19(15(3)29-13)14(2)23-21(27)25-17-8-6-16(7-9-17)24-20(26)22-12-18-5-4-10-28-18/h6-9,11,14,18H,4-5,10,12H2,1-3H3,(H2,22,24,26)(H2,23,25,27). The minimum Gasteiger partial charge on any atom is -0.376 e. The van der Waals surface area contributed by atoms with Gasteiger partial charge in [0, 0.05) is 34.3 Å². The highest BCUT2D eigenvalue weighted by Gasteiger charge is 2.16. The van der Waals surface area contributed by atoms with E-state index in [2.05, 4.69) is 41.2 Å². The van der Waals surface area contributed by atoms with Crippen LogP contribution in [-0.2, 0) is 4.74 Å². The molecule has 3 rings (SSSR count). The number of anilines is 2.